The van der Waals surface area contributed by atoms with E-state index in [9.17, 15) is 14.9 Å². The molecule has 7 nitrogen and oxygen atoms in total. The standard InChI is InChI=1S/C14H14N4O3/c1-21-8-4-2-7(3-5-8)10-9(6-15)12(16)18-14(20)11(10)13(17)19/h2-5,10-11H,16H2,1H3,(H2,17,19)(H,18,20)/t10-,11+/m1/s1. The molecule has 5 N–H and O–H groups in total. The van der Waals surface area contributed by atoms with Crippen LogP contribution in [0.4, 0.5) is 0 Å². The summed E-state index contributed by atoms with van der Waals surface area (Å²) >= 11 is 0. The van der Waals surface area contributed by atoms with Crippen molar-refractivity contribution in [1.82, 2.24) is 5.32 Å². The predicted molar refractivity (Wildman–Crippen MR) is 73.4 cm³/mol. The van der Waals surface area contributed by atoms with Gasteiger partial charge in [-0.1, -0.05) is 12.1 Å². The van der Waals surface area contributed by atoms with Gasteiger partial charge in [-0.15, -0.1) is 0 Å². The van der Waals surface area contributed by atoms with Gasteiger partial charge in [0.15, 0.2) is 0 Å². The molecule has 1 heterocycles. The van der Waals surface area contributed by atoms with E-state index >= 15 is 0 Å². The predicted octanol–water partition coefficient (Wildman–Crippen LogP) is -0.296. The third-order valence-electron chi connectivity index (χ3n) is 3.38. The van der Waals surface area contributed by atoms with Crippen molar-refractivity contribution in [3.05, 3.63) is 41.2 Å². The zero-order chi connectivity index (χ0) is 15.6. The molecule has 2 rings (SSSR count). The first-order valence-electron chi connectivity index (χ1n) is 6.13. The van der Waals surface area contributed by atoms with Crippen molar-refractivity contribution in [3.8, 4) is 11.8 Å². The Balaban J connectivity index is 2.56. The van der Waals surface area contributed by atoms with Gasteiger partial charge >= 0.3 is 0 Å². The van der Waals surface area contributed by atoms with Crippen LogP contribution in [0.5, 0.6) is 5.75 Å². The Hall–Kier alpha value is -3.01. The summed E-state index contributed by atoms with van der Waals surface area (Å²) in [5.41, 5.74) is 11.7. The fourth-order valence-electron chi connectivity index (χ4n) is 2.36. The molecule has 1 aromatic rings. The van der Waals surface area contributed by atoms with Gasteiger partial charge in [-0.05, 0) is 17.7 Å². The summed E-state index contributed by atoms with van der Waals surface area (Å²) in [5, 5.41) is 11.6. The van der Waals surface area contributed by atoms with Gasteiger partial charge in [-0.25, -0.2) is 0 Å². The number of nitrogens with zero attached hydrogens (tertiary/aromatic N) is 1. The summed E-state index contributed by atoms with van der Waals surface area (Å²) in [6.07, 6.45) is 0. The summed E-state index contributed by atoms with van der Waals surface area (Å²) < 4.78 is 5.05. The van der Waals surface area contributed by atoms with Crippen molar-refractivity contribution in [1.29, 1.82) is 5.26 Å². The molecule has 0 spiro atoms. The number of nitriles is 1. The van der Waals surface area contributed by atoms with Crippen LogP contribution in [0.25, 0.3) is 0 Å². The van der Waals surface area contributed by atoms with E-state index in [1.54, 1.807) is 24.3 Å². The number of allylic oxidation sites excluding steroid dienone is 1. The highest BCUT2D eigenvalue weighted by Gasteiger charge is 2.41. The number of hydrogen-bond donors (Lipinski definition) is 3. The van der Waals surface area contributed by atoms with E-state index in [1.807, 2.05) is 6.07 Å². The first-order valence-corrected chi connectivity index (χ1v) is 6.13. The van der Waals surface area contributed by atoms with Crippen molar-refractivity contribution in [2.24, 2.45) is 17.4 Å². The lowest BCUT2D eigenvalue weighted by Gasteiger charge is -2.29. The molecule has 21 heavy (non-hydrogen) atoms. The fraction of sp³-hybridized carbons (Fsp3) is 0.214. The van der Waals surface area contributed by atoms with E-state index in [-0.39, 0.29) is 11.4 Å². The molecular weight excluding hydrogens is 272 g/mol. The van der Waals surface area contributed by atoms with Crippen LogP contribution in [-0.2, 0) is 9.59 Å². The molecule has 0 aromatic heterocycles. The second-order valence-corrected chi connectivity index (χ2v) is 4.56. The molecule has 0 radical (unpaired) electrons. The molecule has 0 aliphatic carbocycles. The van der Waals surface area contributed by atoms with Crippen LogP contribution in [0.1, 0.15) is 11.5 Å². The lowest BCUT2D eigenvalue weighted by atomic mass is 9.77. The Morgan fingerprint density at radius 3 is 2.48 bits per heavy atom. The van der Waals surface area contributed by atoms with E-state index in [0.29, 0.717) is 11.3 Å². The normalized spacial score (nSPS) is 21.4. The largest absolute Gasteiger partial charge is 0.497 e. The summed E-state index contributed by atoms with van der Waals surface area (Å²) in [5.74, 6) is -2.84. The Bertz CT molecular complexity index is 658. The molecule has 0 unspecified atom stereocenters. The number of methoxy groups -OCH3 is 1. The van der Waals surface area contributed by atoms with Crippen molar-refractivity contribution in [2.45, 2.75) is 5.92 Å². The molecule has 2 atom stereocenters. The fourth-order valence-corrected chi connectivity index (χ4v) is 2.36. The van der Waals surface area contributed by atoms with Crippen LogP contribution in [0.2, 0.25) is 0 Å². The number of ether oxygens (including phenoxy) is 1. The van der Waals surface area contributed by atoms with Gasteiger partial charge in [0.05, 0.1) is 18.8 Å². The van der Waals surface area contributed by atoms with Gasteiger partial charge in [0.25, 0.3) is 0 Å². The molecule has 0 bridgehead atoms. The third kappa shape index (κ3) is 2.51. The number of hydrogen-bond acceptors (Lipinski definition) is 5. The highest BCUT2D eigenvalue weighted by atomic mass is 16.5. The van der Waals surface area contributed by atoms with E-state index in [1.165, 1.54) is 7.11 Å². The Kier molecular flexibility index (Phi) is 3.80. The van der Waals surface area contributed by atoms with Gasteiger partial charge in [0, 0.05) is 5.92 Å². The Morgan fingerprint density at radius 2 is 2.00 bits per heavy atom. The highest BCUT2D eigenvalue weighted by Crippen LogP contribution is 2.36. The van der Waals surface area contributed by atoms with E-state index in [0.717, 1.165) is 0 Å². The maximum absolute atomic E-state index is 12.0. The summed E-state index contributed by atoms with van der Waals surface area (Å²) in [7, 11) is 1.52. The van der Waals surface area contributed by atoms with Gasteiger partial charge < -0.3 is 21.5 Å². The number of carbonyl (C=O) groups is 2. The first-order chi connectivity index (χ1) is 9.99. The van der Waals surface area contributed by atoms with Crippen LogP contribution in [0.3, 0.4) is 0 Å². The SMILES string of the molecule is COc1ccc([C@@H]2C(C#N)=C(N)NC(=O)[C@@H]2C(N)=O)cc1. The minimum atomic E-state index is -1.18. The van der Waals surface area contributed by atoms with Gasteiger partial charge in [-0.3, -0.25) is 9.59 Å². The zero-order valence-electron chi connectivity index (χ0n) is 11.3. The first kappa shape index (κ1) is 14.4. The summed E-state index contributed by atoms with van der Waals surface area (Å²) in [4.78, 5) is 23.6. The maximum Gasteiger partial charge on any atom is 0.239 e. The average Bonchev–Trinajstić information content (AvgIpc) is 2.46. The van der Waals surface area contributed by atoms with Gasteiger partial charge in [-0.2, -0.15) is 5.26 Å². The third-order valence-corrected chi connectivity index (χ3v) is 3.38. The number of amides is 2. The lowest BCUT2D eigenvalue weighted by Crippen LogP contribution is -2.48. The van der Waals surface area contributed by atoms with Crippen molar-refractivity contribution < 1.29 is 14.3 Å². The molecular formula is C14H14N4O3. The maximum atomic E-state index is 12.0. The second-order valence-electron chi connectivity index (χ2n) is 4.56. The van der Waals surface area contributed by atoms with Crippen LogP contribution < -0.4 is 21.5 Å². The van der Waals surface area contributed by atoms with Crippen LogP contribution in [0.15, 0.2) is 35.7 Å². The molecule has 1 aliphatic rings. The average molecular weight is 286 g/mol. The van der Waals surface area contributed by atoms with E-state index in [2.05, 4.69) is 5.32 Å². The van der Waals surface area contributed by atoms with Crippen molar-refractivity contribution >= 4 is 11.8 Å². The number of nitrogens with two attached hydrogens (primary N) is 2. The molecule has 108 valence electrons. The topological polar surface area (TPSA) is 131 Å². The van der Waals surface area contributed by atoms with E-state index < -0.39 is 23.7 Å². The molecule has 1 aromatic carbocycles. The number of benzene rings is 1. The smallest absolute Gasteiger partial charge is 0.239 e. The molecule has 0 saturated heterocycles. The van der Waals surface area contributed by atoms with Crippen LogP contribution in [0, 0.1) is 17.2 Å². The number of carbonyl (C=O) groups excluding carboxylic acids is 2. The number of nitrogens with one attached hydrogen (secondary N) is 1. The van der Waals surface area contributed by atoms with Crippen LogP contribution in [-0.4, -0.2) is 18.9 Å². The van der Waals surface area contributed by atoms with Crippen molar-refractivity contribution in [2.75, 3.05) is 7.11 Å². The Labute approximate surface area is 121 Å². The minimum absolute atomic E-state index is 0.0548. The van der Waals surface area contributed by atoms with E-state index in [4.69, 9.17) is 16.2 Å². The molecule has 1 aliphatic heterocycles. The van der Waals surface area contributed by atoms with Gasteiger partial charge in [0.1, 0.15) is 17.5 Å². The lowest BCUT2D eigenvalue weighted by molar-refractivity contribution is -0.134. The number of rotatable bonds is 3. The zero-order valence-corrected chi connectivity index (χ0v) is 11.3. The molecule has 7 heteroatoms. The molecule has 0 fully saturated rings. The summed E-state index contributed by atoms with van der Waals surface area (Å²) in [6.45, 7) is 0. The second kappa shape index (κ2) is 5.54. The highest BCUT2D eigenvalue weighted by molar-refractivity contribution is 6.03. The number of primary amides is 1. The Morgan fingerprint density at radius 1 is 1.38 bits per heavy atom. The minimum Gasteiger partial charge on any atom is -0.497 e. The monoisotopic (exact) mass is 286 g/mol. The molecule has 2 amide bonds. The van der Waals surface area contributed by atoms with Crippen molar-refractivity contribution in [3.63, 3.8) is 0 Å². The van der Waals surface area contributed by atoms with Gasteiger partial charge in [0.2, 0.25) is 11.8 Å². The van der Waals surface area contributed by atoms with Crippen LogP contribution >= 0.6 is 0 Å². The quantitative estimate of drug-likeness (QED) is 0.657. The molecule has 0 saturated carbocycles. The summed E-state index contributed by atoms with van der Waals surface area (Å²) in [6, 6.07) is 8.62.